The summed E-state index contributed by atoms with van der Waals surface area (Å²) < 4.78 is 7.34. The van der Waals surface area contributed by atoms with E-state index in [1.54, 1.807) is 12.3 Å². The number of likely N-dealkylation sites (tertiary alicyclic amines) is 1. The molecule has 2 fully saturated rings. The average Bonchev–Trinajstić information content (AvgIpc) is 3.51. The van der Waals surface area contributed by atoms with Gasteiger partial charge in [-0.3, -0.25) is 9.69 Å². The summed E-state index contributed by atoms with van der Waals surface area (Å²) in [5.41, 5.74) is 2.93. The summed E-state index contributed by atoms with van der Waals surface area (Å²) in [5.74, 6) is 1.42. The smallest absolute Gasteiger partial charge is 0.344 e. The van der Waals surface area contributed by atoms with Gasteiger partial charge in [-0.05, 0) is 38.3 Å². The first-order valence-electron chi connectivity index (χ1n) is 11.9. The van der Waals surface area contributed by atoms with Gasteiger partial charge in [0.05, 0.1) is 0 Å². The first-order chi connectivity index (χ1) is 16.4. The summed E-state index contributed by atoms with van der Waals surface area (Å²) in [6, 6.07) is 7.77. The lowest BCUT2D eigenvalue weighted by molar-refractivity contribution is -0.132. The molecule has 0 saturated carbocycles. The van der Waals surface area contributed by atoms with Gasteiger partial charge in [-0.1, -0.05) is 18.7 Å². The Morgan fingerprint density at radius 2 is 1.79 bits per heavy atom. The van der Waals surface area contributed by atoms with Gasteiger partial charge in [0.15, 0.2) is 12.4 Å². The van der Waals surface area contributed by atoms with Gasteiger partial charge in [0.25, 0.3) is 5.91 Å². The fourth-order valence-corrected chi connectivity index (χ4v) is 4.32. The fourth-order valence-electron chi connectivity index (χ4n) is 4.32. The molecule has 0 spiro atoms. The van der Waals surface area contributed by atoms with Crippen LogP contribution in [0.3, 0.4) is 0 Å². The van der Waals surface area contributed by atoms with E-state index in [9.17, 15) is 9.59 Å². The van der Waals surface area contributed by atoms with E-state index < -0.39 is 0 Å². The molecule has 2 aliphatic heterocycles. The van der Waals surface area contributed by atoms with Crippen LogP contribution in [-0.2, 0) is 11.3 Å². The molecule has 0 bridgehead atoms. The third-order valence-electron chi connectivity index (χ3n) is 6.20. The highest BCUT2D eigenvalue weighted by molar-refractivity contribution is 5.78. The molecule has 1 N–H and O–H groups in total. The molecule has 1 aromatic heterocycles. The number of nitrogens with zero attached hydrogens (tertiary/aromatic N) is 5. The van der Waals surface area contributed by atoms with Crippen molar-refractivity contribution in [3.63, 3.8) is 0 Å². The molecule has 34 heavy (non-hydrogen) atoms. The average molecular weight is 467 g/mol. The Labute approximate surface area is 200 Å². The second-order valence-corrected chi connectivity index (χ2v) is 9.08. The molecule has 4 rings (SSSR count). The van der Waals surface area contributed by atoms with E-state index in [1.165, 1.54) is 4.68 Å². The van der Waals surface area contributed by atoms with Gasteiger partial charge in [0.1, 0.15) is 5.75 Å². The quantitative estimate of drug-likeness (QED) is 0.676. The van der Waals surface area contributed by atoms with Gasteiger partial charge >= 0.3 is 6.03 Å². The van der Waals surface area contributed by atoms with Crippen molar-refractivity contribution in [2.24, 2.45) is 0 Å². The number of anilines is 1. The Balaban J connectivity index is 1.31. The monoisotopic (exact) mass is 466 g/mol. The zero-order valence-electron chi connectivity index (χ0n) is 20.1. The number of rotatable bonds is 7. The van der Waals surface area contributed by atoms with E-state index >= 15 is 0 Å². The SMILES string of the molecule is C=C(C)Nc1ccn(C(=O)N2CCN(Cc3ccc(C)cc3OCC(=O)N3CCCC3)CC2)n1. The summed E-state index contributed by atoms with van der Waals surface area (Å²) in [5, 5.41) is 7.31. The molecule has 2 aromatic rings. The topological polar surface area (TPSA) is 82.9 Å². The van der Waals surface area contributed by atoms with Crippen molar-refractivity contribution in [3.05, 3.63) is 53.9 Å². The standard InChI is InChI=1S/C25H34N6O3/c1-19(2)26-23-8-11-31(27-23)25(33)30-14-12-28(13-15-30)17-21-7-6-20(3)16-22(21)34-18-24(32)29-9-4-5-10-29/h6-8,11,16H,1,4-5,9-10,12-15,17-18H2,2-3H3,(H,26,27). The second kappa shape index (κ2) is 10.7. The van der Waals surface area contributed by atoms with Crippen LogP contribution >= 0.6 is 0 Å². The van der Waals surface area contributed by atoms with Gasteiger partial charge in [-0.2, -0.15) is 4.68 Å². The summed E-state index contributed by atoms with van der Waals surface area (Å²) in [6.45, 7) is 12.9. The lowest BCUT2D eigenvalue weighted by Gasteiger charge is -2.34. The van der Waals surface area contributed by atoms with Gasteiger partial charge in [0.2, 0.25) is 0 Å². The highest BCUT2D eigenvalue weighted by Gasteiger charge is 2.24. The normalized spacial score (nSPS) is 16.5. The van der Waals surface area contributed by atoms with Crippen molar-refractivity contribution < 1.29 is 14.3 Å². The molecule has 182 valence electrons. The molecule has 9 heteroatoms. The predicted octanol–water partition coefficient (Wildman–Crippen LogP) is 2.92. The van der Waals surface area contributed by atoms with Gasteiger partial charge in [0, 0.05) is 69.3 Å². The second-order valence-electron chi connectivity index (χ2n) is 9.08. The number of ether oxygens (including phenoxy) is 1. The van der Waals surface area contributed by atoms with Gasteiger partial charge in [-0.15, -0.1) is 5.10 Å². The number of allylic oxidation sites excluding steroid dienone is 1. The third-order valence-corrected chi connectivity index (χ3v) is 6.20. The molecular weight excluding hydrogens is 432 g/mol. The number of hydrogen-bond donors (Lipinski definition) is 1. The van der Waals surface area contributed by atoms with Crippen LogP contribution in [0, 0.1) is 6.92 Å². The van der Waals surface area contributed by atoms with Crippen molar-refractivity contribution in [1.29, 1.82) is 0 Å². The summed E-state index contributed by atoms with van der Waals surface area (Å²) in [7, 11) is 0. The van der Waals surface area contributed by atoms with Crippen molar-refractivity contribution in [1.82, 2.24) is 24.5 Å². The summed E-state index contributed by atoms with van der Waals surface area (Å²) in [4.78, 5) is 31.2. The first-order valence-corrected chi connectivity index (χ1v) is 11.9. The zero-order chi connectivity index (χ0) is 24.1. The number of nitrogens with one attached hydrogen (secondary N) is 1. The van der Waals surface area contributed by atoms with E-state index in [4.69, 9.17) is 4.74 Å². The minimum atomic E-state index is -0.130. The molecule has 2 aliphatic rings. The molecular formula is C25H34N6O3. The van der Waals surface area contributed by atoms with Gasteiger partial charge in [-0.25, -0.2) is 4.79 Å². The first kappa shape index (κ1) is 23.8. The van der Waals surface area contributed by atoms with Crippen LogP contribution in [0.1, 0.15) is 30.9 Å². The molecule has 2 saturated heterocycles. The highest BCUT2D eigenvalue weighted by Crippen LogP contribution is 2.23. The number of benzene rings is 1. The van der Waals surface area contributed by atoms with Crippen LogP contribution in [0.15, 0.2) is 42.7 Å². The van der Waals surface area contributed by atoms with E-state index in [0.29, 0.717) is 25.5 Å². The van der Waals surface area contributed by atoms with Crippen LogP contribution in [-0.4, -0.2) is 82.3 Å². The molecule has 1 aromatic carbocycles. The highest BCUT2D eigenvalue weighted by atomic mass is 16.5. The molecule has 0 unspecified atom stereocenters. The number of aryl methyl sites for hydroxylation is 1. The molecule has 3 heterocycles. The number of hydrogen-bond acceptors (Lipinski definition) is 6. The Morgan fingerprint density at radius 1 is 1.06 bits per heavy atom. The Hall–Kier alpha value is -3.33. The van der Waals surface area contributed by atoms with E-state index in [2.05, 4.69) is 34.0 Å². The third kappa shape index (κ3) is 5.96. The minimum Gasteiger partial charge on any atom is -0.483 e. The molecule has 0 atom stereocenters. The van der Waals surface area contributed by atoms with Crippen LogP contribution in [0.4, 0.5) is 10.6 Å². The Morgan fingerprint density at radius 3 is 2.50 bits per heavy atom. The van der Waals surface area contributed by atoms with E-state index in [1.807, 2.05) is 29.7 Å². The molecule has 0 radical (unpaired) electrons. The van der Waals surface area contributed by atoms with Crippen LogP contribution in [0.25, 0.3) is 0 Å². The van der Waals surface area contributed by atoms with Crippen molar-refractivity contribution in [2.75, 3.05) is 51.2 Å². The Kier molecular flexibility index (Phi) is 7.52. The maximum atomic E-state index is 12.8. The molecule has 9 nitrogen and oxygen atoms in total. The van der Waals surface area contributed by atoms with E-state index in [-0.39, 0.29) is 18.5 Å². The van der Waals surface area contributed by atoms with E-state index in [0.717, 1.165) is 61.6 Å². The van der Waals surface area contributed by atoms with Gasteiger partial charge < -0.3 is 19.9 Å². The lowest BCUT2D eigenvalue weighted by atomic mass is 10.1. The number of piperazine rings is 1. The minimum absolute atomic E-state index is 0.0531. The van der Waals surface area contributed by atoms with Crippen LogP contribution in [0.2, 0.25) is 0 Å². The molecule has 2 amide bonds. The van der Waals surface area contributed by atoms with Crippen molar-refractivity contribution >= 4 is 17.8 Å². The summed E-state index contributed by atoms with van der Waals surface area (Å²) in [6.07, 6.45) is 3.81. The largest absolute Gasteiger partial charge is 0.483 e. The number of aromatic nitrogens is 2. The maximum Gasteiger partial charge on any atom is 0.344 e. The van der Waals surface area contributed by atoms with Crippen molar-refractivity contribution in [2.45, 2.75) is 33.2 Å². The number of amides is 2. The fraction of sp³-hybridized carbons (Fsp3) is 0.480. The van der Waals surface area contributed by atoms with Crippen molar-refractivity contribution in [3.8, 4) is 5.75 Å². The predicted molar refractivity (Wildman–Crippen MR) is 131 cm³/mol. The number of carbonyl (C=O) groups is 2. The summed E-state index contributed by atoms with van der Waals surface area (Å²) >= 11 is 0. The van der Waals surface area contributed by atoms with Crippen LogP contribution in [0.5, 0.6) is 5.75 Å². The number of carbonyl (C=O) groups excluding carboxylic acids is 2. The van der Waals surface area contributed by atoms with Crippen LogP contribution < -0.4 is 10.1 Å². The Bertz CT molecular complexity index is 1040. The molecule has 0 aliphatic carbocycles. The zero-order valence-corrected chi connectivity index (χ0v) is 20.1. The lowest BCUT2D eigenvalue weighted by Crippen LogP contribution is -2.49. The maximum absolute atomic E-state index is 12.8.